The lowest BCUT2D eigenvalue weighted by atomic mass is 9.80. The predicted octanol–water partition coefficient (Wildman–Crippen LogP) is 0.459. The van der Waals surface area contributed by atoms with Crippen LogP contribution >= 0.6 is 0 Å². The Morgan fingerprint density at radius 1 is 1.33 bits per heavy atom. The molecule has 1 N–H and O–H groups in total. The van der Waals surface area contributed by atoms with E-state index in [1.54, 1.807) is 0 Å². The molecule has 0 aromatic carbocycles. The van der Waals surface area contributed by atoms with Crippen molar-refractivity contribution < 1.29 is 14.7 Å². The normalized spacial score (nSPS) is 14.3. The molecule has 0 heterocycles. The molecule has 1 amide bonds. The molecule has 0 aromatic rings. The summed E-state index contributed by atoms with van der Waals surface area (Å²) in [4.78, 5) is 21.9. The second kappa shape index (κ2) is 6.43. The highest BCUT2D eigenvalue weighted by molar-refractivity contribution is 5.76. The van der Waals surface area contributed by atoms with E-state index in [1.807, 2.05) is 13.8 Å². The summed E-state index contributed by atoms with van der Waals surface area (Å²) >= 11 is 0. The lowest BCUT2D eigenvalue weighted by Crippen LogP contribution is -2.49. The van der Waals surface area contributed by atoms with Crippen LogP contribution in [0.5, 0.6) is 0 Å². The molecular formula is C11H20NO3-. The number of nitrogens with one attached hydrogen (secondary N) is 1. The zero-order valence-corrected chi connectivity index (χ0v) is 9.76. The maximum Gasteiger partial charge on any atom is 0.216 e. The summed E-state index contributed by atoms with van der Waals surface area (Å²) in [6.45, 7) is 5.37. The van der Waals surface area contributed by atoms with Gasteiger partial charge in [0.1, 0.15) is 0 Å². The molecule has 0 aliphatic heterocycles. The smallest absolute Gasteiger partial charge is 0.216 e. The second-order valence-electron chi connectivity index (χ2n) is 3.93. The minimum Gasteiger partial charge on any atom is -0.549 e. The quantitative estimate of drug-likeness (QED) is 0.669. The van der Waals surface area contributed by atoms with E-state index in [2.05, 4.69) is 5.32 Å². The van der Waals surface area contributed by atoms with Gasteiger partial charge in [-0.2, -0.15) is 0 Å². The first kappa shape index (κ1) is 13.9. The number of amides is 1. The Labute approximate surface area is 91.1 Å². The van der Waals surface area contributed by atoms with Crippen LogP contribution in [-0.4, -0.2) is 18.4 Å². The van der Waals surface area contributed by atoms with Gasteiger partial charge in [0.2, 0.25) is 5.91 Å². The van der Waals surface area contributed by atoms with E-state index >= 15 is 0 Å². The van der Waals surface area contributed by atoms with Gasteiger partial charge in [-0.15, -0.1) is 0 Å². The first-order valence-electron chi connectivity index (χ1n) is 5.44. The third kappa shape index (κ3) is 4.32. The minimum atomic E-state index is -1.06. The standard InChI is InChI=1S/C11H21NO3/c1-4-6-7-11(5-2,10(14)15)8-12-9(3)13/h4-8H2,1-3H3,(H,12,13)(H,14,15)/p-1. The summed E-state index contributed by atoms with van der Waals surface area (Å²) < 4.78 is 0. The lowest BCUT2D eigenvalue weighted by molar-refractivity contribution is -0.319. The summed E-state index contributed by atoms with van der Waals surface area (Å²) in [6, 6.07) is 0. The maximum atomic E-state index is 11.1. The van der Waals surface area contributed by atoms with Crippen LogP contribution in [0.2, 0.25) is 0 Å². The van der Waals surface area contributed by atoms with Gasteiger partial charge in [0.05, 0.1) is 0 Å². The number of aliphatic carboxylic acids is 1. The Morgan fingerprint density at radius 2 is 1.93 bits per heavy atom. The van der Waals surface area contributed by atoms with Gasteiger partial charge in [-0.1, -0.05) is 26.7 Å². The Kier molecular flexibility index (Phi) is 5.97. The van der Waals surface area contributed by atoms with Crippen LogP contribution in [0.4, 0.5) is 0 Å². The lowest BCUT2D eigenvalue weighted by Gasteiger charge is -2.34. The first-order chi connectivity index (χ1) is 6.98. The Morgan fingerprint density at radius 3 is 2.27 bits per heavy atom. The van der Waals surface area contributed by atoms with Crippen LogP contribution in [0.3, 0.4) is 0 Å². The van der Waals surface area contributed by atoms with E-state index in [4.69, 9.17) is 0 Å². The van der Waals surface area contributed by atoms with E-state index in [9.17, 15) is 14.7 Å². The summed E-state index contributed by atoms with van der Waals surface area (Å²) in [6.07, 6.45) is 2.81. The second-order valence-corrected chi connectivity index (χ2v) is 3.93. The molecule has 1 atom stereocenters. The number of carboxylic acid groups (broad SMARTS) is 1. The van der Waals surface area contributed by atoms with E-state index in [0.717, 1.165) is 12.8 Å². The third-order valence-corrected chi connectivity index (χ3v) is 2.79. The number of carboxylic acids is 1. The van der Waals surface area contributed by atoms with Crippen molar-refractivity contribution in [3.05, 3.63) is 0 Å². The van der Waals surface area contributed by atoms with Crippen molar-refractivity contribution in [2.75, 3.05) is 6.54 Å². The number of hydrogen-bond donors (Lipinski definition) is 1. The Bertz CT molecular complexity index is 228. The molecule has 0 fully saturated rings. The highest BCUT2D eigenvalue weighted by Gasteiger charge is 2.29. The number of hydrogen-bond acceptors (Lipinski definition) is 3. The van der Waals surface area contributed by atoms with E-state index < -0.39 is 11.4 Å². The molecular weight excluding hydrogens is 194 g/mol. The van der Waals surface area contributed by atoms with Crippen molar-refractivity contribution in [1.82, 2.24) is 5.32 Å². The fourth-order valence-electron chi connectivity index (χ4n) is 1.52. The molecule has 1 unspecified atom stereocenters. The van der Waals surface area contributed by atoms with Crippen molar-refractivity contribution in [2.45, 2.75) is 46.5 Å². The molecule has 0 saturated carbocycles. The molecule has 15 heavy (non-hydrogen) atoms. The van der Waals surface area contributed by atoms with Crippen LogP contribution in [-0.2, 0) is 9.59 Å². The Hall–Kier alpha value is -1.06. The average molecular weight is 214 g/mol. The molecule has 0 spiro atoms. The third-order valence-electron chi connectivity index (χ3n) is 2.79. The van der Waals surface area contributed by atoms with Crippen LogP contribution < -0.4 is 10.4 Å². The SMILES string of the molecule is CCCCC(CC)(CNC(C)=O)C(=O)[O-]. The zero-order valence-electron chi connectivity index (χ0n) is 9.76. The number of unbranched alkanes of at least 4 members (excludes halogenated alkanes) is 1. The predicted molar refractivity (Wildman–Crippen MR) is 55.9 cm³/mol. The average Bonchev–Trinajstić information content (AvgIpc) is 2.18. The highest BCUT2D eigenvalue weighted by atomic mass is 16.4. The van der Waals surface area contributed by atoms with Crippen molar-refractivity contribution in [3.63, 3.8) is 0 Å². The fraction of sp³-hybridized carbons (Fsp3) is 0.818. The van der Waals surface area contributed by atoms with Gasteiger partial charge in [0, 0.05) is 24.9 Å². The van der Waals surface area contributed by atoms with Gasteiger partial charge >= 0.3 is 0 Å². The topological polar surface area (TPSA) is 69.2 Å². The van der Waals surface area contributed by atoms with Gasteiger partial charge in [-0.05, 0) is 12.8 Å². The van der Waals surface area contributed by atoms with Crippen molar-refractivity contribution >= 4 is 11.9 Å². The van der Waals surface area contributed by atoms with Gasteiger partial charge < -0.3 is 15.2 Å². The summed E-state index contributed by atoms with van der Waals surface area (Å²) in [5, 5.41) is 13.7. The van der Waals surface area contributed by atoms with E-state index in [1.165, 1.54) is 6.92 Å². The van der Waals surface area contributed by atoms with Gasteiger partial charge in [0.25, 0.3) is 0 Å². The van der Waals surface area contributed by atoms with Gasteiger partial charge in [-0.3, -0.25) is 4.79 Å². The Balaban J connectivity index is 4.50. The highest BCUT2D eigenvalue weighted by Crippen LogP contribution is 2.27. The molecule has 4 heteroatoms. The molecule has 0 radical (unpaired) electrons. The largest absolute Gasteiger partial charge is 0.549 e. The molecule has 0 rings (SSSR count). The van der Waals surface area contributed by atoms with E-state index in [-0.39, 0.29) is 12.5 Å². The summed E-state index contributed by atoms with van der Waals surface area (Å²) in [7, 11) is 0. The number of carbonyl (C=O) groups excluding carboxylic acids is 2. The first-order valence-corrected chi connectivity index (χ1v) is 5.44. The number of carbonyl (C=O) groups is 2. The summed E-state index contributed by atoms with van der Waals surface area (Å²) in [5.74, 6) is -1.27. The summed E-state index contributed by atoms with van der Waals surface area (Å²) in [5.41, 5.74) is -0.901. The number of rotatable bonds is 7. The maximum absolute atomic E-state index is 11.1. The van der Waals surface area contributed by atoms with Crippen LogP contribution in [0.15, 0.2) is 0 Å². The molecule has 0 aliphatic carbocycles. The van der Waals surface area contributed by atoms with Gasteiger partial charge in [-0.25, -0.2) is 0 Å². The van der Waals surface area contributed by atoms with Crippen LogP contribution in [0.25, 0.3) is 0 Å². The fourth-order valence-corrected chi connectivity index (χ4v) is 1.52. The molecule has 88 valence electrons. The van der Waals surface area contributed by atoms with Crippen molar-refractivity contribution in [3.8, 4) is 0 Å². The zero-order chi connectivity index (χ0) is 11.9. The molecule has 0 bridgehead atoms. The molecule has 4 nitrogen and oxygen atoms in total. The van der Waals surface area contributed by atoms with E-state index in [0.29, 0.717) is 12.8 Å². The van der Waals surface area contributed by atoms with Crippen molar-refractivity contribution in [1.29, 1.82) is 0 Å². The van der Waals surface area contributed by atoms with Crippen LogP contribution in [0, 0.1) is 5.41 Å². The molecule has 0 saturated heterocycles. The molecule has 0 aromatic heterocycles. The minimum absolute atomic E-state index is 0.168. The molecule has 0 aliphatic rings. The van der Waals surface area contributed by atoms with Crippen LogP contribution in [0.1, 0.15) is 46.5 Å². The van der Waals surface area contributed by atoms with Gasteiger partial charge in [0.15, 0.2) is 0 Å². The monoisotopic (exact) mass is 214 g/mol. The van der Waals surface area contributed by atoms with Crippen molar-refractivity contribution in [2.24, 2.45) is 5.41 Å².